The van der Waals surface area contributed by atoms with E-state index in [9.17, 15) is 5.11 Å². The molecule has 96 valence electrons. The Morgan fingerprint density at radius 1 is 1.18 bits per heavy atom. The van der Waals surface area contributed by atoms with Gasteiger partial charge < -0.3 is 10.8 Å². The Kier molecular flexibility index (Phi) is 6.23. The van der Waals surface area contributed by atoms with Crippen LogP contribution in [0.15, 0.2) is 24.3 Å². The fraction of sp³-hybridized carbons (Fsp3) is 0.600. The molecule has 17 heavy (non-hydrogen) atoms. The standard InChI is InChI=1S/C15H25NO/c1-3-12-5-7-15(8-6-12)14(4-2)9-13(10-16)11-17/h5-8,13-14,17H,3-4,9-11,16H2,1-2H3. The van der Waals surface area contributed by atoms with E-state index in [1.165, 1.54) is 11.1 Å². The SMILES string of the molecule is CCc1ccc(C(CC)CC(CN)CO)cc1. The lowest BCUT2D eigenvalue weighted by molar-refractivity contribution is 0.214. The maximum atomic E-state index is 9.22. The largest absolute Gasteiger partial charge is 0.396 e. The van der Waals surface area contributed by atoms with E-state index in [1.807, 2.05) is 0 Å². The van der Waals surface area contributed by atoms with Gasteiger partial charge in [0.1, 0.15) is 0 Å². The van der Waals surface area contributed by atoms with E-state index in [2.05, 4.69) is 38.1 Å². The van der Waals surface area contributed by atoms with Gasteiger partial charge in [-0.25, -0.2) is 0 Å². The van der Waals surface area contributed by atoms with Gasteiger partial charge in [-0.3, -0.25) is 0 Å². The number of aliphatic hydroxyl groups excluding tert-OH is 1. The smallest absolute Gasteiger partial charge is 0.0471 e. The van der Waals surface area contributed by atoms with Crippen molar-refractivity contribution in [1.82, 2.24) is 0 Å². The average molecular weight is 235 g/mol. The summed E-state index contributed by atoms with van der Waals surface area (Å²) in [4.78, 5) is 0. The number of benzene rings is 1. The molecule has 1 aromatic rings. The van der Waals surface area contributed by atoms with Crippen LogP contribution in [0.1, 0.15) is 43.7 Å². The monoisotopic (exact) mass is 235 g/mol. The van der Waals surface area contributed by atoms with Crippen LogP contribution in [0.3, 0.4) is 0 Å². The molecule has 0 spiro atoms. The Morgan fingerprint density at radius 2 is 1.82 bits per heavy atom. The van der Waals surface area contributed by atoms with Crippen molar-refractivity contribution in [2.75, 3.05) is 13.2 Å². The predicted octanol–water partition coefficient (Wildman–Crippen LogP) is 2.70. The third-order valence-corrected chi connectivity index (χ3v) is 3.56. The lowest BCUT2D eigenvalue weighted by Crippen LogP contribution is -2.20. The van der Waals surface area contributed by atoms with Crippen LogP contribution in [0.2, 0.25) is 0 Å². The molecule has 0 radical (unpaired) electrons. The summed E-state index contributed by atoms with van der Waals surface area (Å²) >= 11 is 0. The zero-order valence-electron chi connectivity index (χ0n) is 11.0. The highest BCUT2D eigenvalue weighted by Crippen LogP contribution is 2.27. The predicted molar refractivity (Wildman–Crippen MR) is 73.1 cm³/mol. The molecule has 0 bridgehead atoms. The molecule has 2 unspecified atom stereocenters. The van der Waals surface area contributed by atoms with Crippen LogP contribution in [0.25, 0.3) is 0 Å². The molecular formula is C15H25NO. The first-order chi connectivity index (χ1) is 8.24. The summed E-state index contributed by atoms with van der Waals surface area (Å²) in [5.41, 5.74) is 8.40. The first-order valence-electron chi connectivity index (χ1n) is 6.64. The molecule has 0 aliphatic carbocycles. The van der Waals surface area contributed by atoms with E-state index in [-0.39, 0.29) is 12.5 Å². The van der Waals surface area contributed by atoms with Crippen LogP contribution < -0.4 is 5.73 Å². The molecule has 0 saturated heterocycles. The van der Waals surface area contributed by atoms with Crippen molar-refractivity contribution in [3.8, 4) is 0 Å². The summed E-state index contributed by atoms with van der Waals surface area (Å²) in [7, 11) is 0. The highest BCUT2D eigenvalue weighted by Gasteiger charge is 2.15. The molecule has 3 N–H and O–H groups in total. The molecule has 0 amide bonds. The first-order valence-corrected chi connectivity index (χ1v) is 6.64. The van der Waals surface area contributed by atoms with Crippen molar-refractivity contribution in [2.24, 2.45) is 11.7 Å². The molecule has 0 aliphatic heterocycles. The second-order valence-corrected chi connectivity index (χ2v) is 4.72. The van der Waals surface area contributed by atoms with E-state index in [0.717, 1.165) is 19.3 Å². The van der Waals surface area contributed by atoms with Crippen LogP contribution in [-0.2, 0) is 6.42 Å². The van der Waals surface area contributed by atoms with E-state index in [4.69, 9.17) is 5.73 Å². The van der Waals surface area contributed by atoms with E-state index >= 15 is 0 Å². The zero-order valence-corrected chi connectivity index (χ0v) is 11.0. The minimum absolute atomic E-state index is 0.194. The molecule has 0 fully saturated rings. The summed E-state index contributed by atoms with van der Waals surface area (Å²) in [5, 5.41) is 9.22. The van der Waals surface area contributed by atoms with Gasteiger partial charge in [0.25, 0.3) is 0 Å². The maximum absolute atomic E-state index is 9.22. The van der Waals surface area contributed by atoms with E-state index in [1.54, 1.807) is 0 Å². The molecule has 0 heterocycles. The Labute approximate surface area is 105 Å². The molecule has 2 nitrogen and oxygen atoms in total. The highest BCUT2D eigenvalue weighted by molar-refractivity contribution is 5.25. The normalized spacial score (nSPS) is 14.6. The van der Waals surface area contributed by atoms with Crippen LogP contribution in [-0.4, -0.2) is 18.3 Å². The lowest BCUT2D eigenvalue weighted by Gasteiger charge is -2.20. The number of rotatable bonds is 7. The summed E-state index contributed by atoms with van der Waals surface area (Å²) < 4.78 is 0. The fourth-order valence-electron chi connectivity index (χ4n) is 2.21. The average Bonchev–Trinajstić information content (AvgIpc) is 2.40. The third kappa shape index (κ3) is 4.14. The number of hydrogen-bond acceptors (Lipinski definition) is 2. The molecule has 2 atom stereocenters. The topological polar surface area (TPSA) is 46.2 Å². The van der Waals surface area contributed by atoms with E-state index < -0.39 is 0 Å². The molecule has 1 aromatic carbocycles. The highest BCUT2D eigenvalue weighted by atomic mass is 16.3. The quantitative estimate of drug-likeness (QED) is 0.763. The van der Waals surface area contributed by atoms with Crippen LogP contribution >= 0.6 is 0 Å². The molecule has 2 heteroatoms. The number of aryl methyl sites for hydroxylation is 1. The first kappa shape index (κ1) is 14.2. The van der Waals surface area contributed by atoms with Crippen molar-refractivity contribution >= 4 is 0 Å². The zero-order chi connectivity index (χ0) is 12.7. The lowest BCUT2D eigenvalue weighted by atomic mass is 9.87. The second kappa shape index (κ2) is 7.46. The summed E-state index contributed by atoms with van der Waals surface area (Å²) in [6.07, 6.45) is 3.16. The van der Waals surface area contributed by atoms with Crippen molar-refractivity contribution in [1.29, 1.82) is 0 Å². The minimum atomic E-state index is 0.194. The minimum Gasteiger partial charge on any atom is -0.396 e. The van der Waals surface area contributed by atoms with Gasteiger partial charge in [-0.2, -0.15) is 0 Å². The molecule has 0 aromatic heterocycles. The van der Waals surface area contributed by atoms with Gasteiger partial charge in [-0.05, 0) is 48.8 Å². The van der Waals surface area contributed by atoms with Gasteiger partial charge in [-0.1, -0.05) is 38.1 Å². The molecule has 0 saturated carbocycles. The van der Waals surface area contributed by atoms with Gasteiger partial charge in [0.15, 0.2) is 0 Å². The van der Waals surface area contributed by atoms with Crippen LogP contribution in [0, 0.1) is 5.92 Å². The maximum Gasteiger partial charge on any atom is 0.0471 e. The van der Waals surface area contributed by atoms with Gasteiger partial charge in [-0.15, -0.1) is 0 Å². The molecule has 0 aliphatic rings. The van der Waals surface area contributed by atoms with Crippen molar-refractivity contribution in [3.05, 3.63) is 35.4 Å². The Morgan fingerprint density at radius 3 is 2.24 bits per heavy atom. The van der Waals surface area contributed by atoms with Crippen molar-refractivity contribution in [3.63, 3.8) is 0 Å². The Hall–Kier alpha value is -0.860. The number of aliphatic hydroxyl groups is 1. The van der Waals surface area contributed by atoms with Gasteiger partial charge in [0, 0.05) is 6.61 Å². The molecule has 1 rings (SSSR count). The van der Waals surface area contributed by atoms with Gasteiger partial charge >= 0.3 is 0 Å². The number of hydrogen-bond donors (Lipinski definition) is 2. The van der Waals surface area contributed by atoms with E-state index in [0.29, 0.717) is 12.5 Å². The van der Waals surface area contributed by atoms with Crippen molar-refractivity contribution < 1.29 is 5.11 Å². The Balaban J connectivity index is 2.71. The van der Waals surface area contributed by atoms with Gasteiger partial charge in [0.05, 0.1) is 0 Å². The van der Waals surface area contributed by atoms with Crippen molar-refractivity contribution in [2.45, 2.75) is 39.0 Å². The Bertz CT molecular complexity index is 303. The van der Waals surface area contributed by atoms with Crippen LogP contribution in [0.5, 0.6) is 0 Å². The summed E-state index contributed by atoms with van der Waals surface area (Å²) in [6, 6.07) is 8.85. The summed E-state index contributed by atoms with van der Waals surface area (Å²) in [6.45, 7) is 5.13. The molecular weight excluding hydrogens is 210 g/mol. The fourth-order valence-corrected chi connectivity index (χ4v) is 2.21. The third-order valence-electron chi connectivity index (χ3n) is 3.56. The van der Waals surface area contributed by atoms with Gasteiger partial charge in [0.2, 0.25) is 0 Å². The summed E-state index contributed by atoms with van der Waals surface area (Å²) in [5.74, 6) is 0.743. The number of nitrogens with two attached hydrogens (primary N) is 1. The van der Waals surface area contributed by atoms with Crippen LogP contribution in [0.4, 0.5) is 0 Å². The second-order valence-electron chi connectivity index (χ2n) is 4.72.